The van der Waals surface area contributed by atoms with Crippen molar-refractivity contribution in [1.82, 2.24) is 0 Å². The number of nitrogens with two attached hydrogens (primary N) is 1. The molecule has 96 valence electrons. The van der Waals surface area contributed by atoms with E-state index in [0.717, 1.165) is 5.56 Å². The number of thioether (sulfide) groups is 1. The SMILES string of the molecule is Cc1ccc(N2C(=O)CC(SCCN)C2=O)cc1. The molecule has 1 aliphatic heterocycles. The predicted molar refractivity (Wildman–Crippen MR) is 73.6 cm³/mol. The maximum atomic E-state index is 12.2. The summed E-state index contributed by atoms with van der Waals surface area (Å²) in [6.45, 7) is 2.49. The highest BCUT2D eigenvalue weighted by Gasteiger charge is 2.39. The summed E-state index contributed by atoms with van der Waals surface area (Å²) in [5.74, 6) is 0.450. The molecule has 1 unspecified atom stereocenters. The van der Waals surface area contributed by atoms with Crippen LogP contribution in [0.15, 0.2) is 24.3 Å². The van der Waals surface area contributed by atoms with E-state index < -0.39 is 0 Å². The number of nitrogens with zero attached hydrogens (tertiary/aromatic N) is 1. The van der Waals surface area contributed by atoms with Crippen molar-refractivity contribution >= 4 is 29.3 Å². The van der Waals surface area contributed by atoms with E-state index in [2.05, 4.69) is 0 Å². The number of amides is 2. The van der Waals surface area contributed by atoms with Crippen molar-refractivity contribution in [2.75, 3.05) is 17.2 Å². The highest BCUT2D eigenvalue weighted by molar-refractivity contribution is 8.00. The van der Waals surface area contributed by atoms with Crippen LogP contribution in [0.4, 0.5) is 5.69 Å². The predicted octanol–water partition coefficient (Wildman–Crippen LogP) is 1.32. The van der Waals surface area contributed by atoms with Crippen molar-refractivity contribution in [3.8, 4) is 0 Å². The average Bonchev–Trinajstić information content (AvgIpc) is 2.63. The second-order valence-corrected chi connectivity index (χ2v) is 5.57. The molecule has 0 radical (unpaired) electrons. The van der Waals surface area contributed by atoms with Gasteiger partial charge >= 0.3 is 0 Å². The average molecular weight is 264 g/mol. The van der Waals surface area contributed by atoms with Crippen LogP contribution in [0.3, 0.4) is 0 Å². The van der Waals surface area contributed by atoms with Crippen LogP contribution < -0.4 is 10.6 Å². The van der Waals surface area contributed by atoms with E-state index in [0.29, 0.717) is 18.0 Å². The molecular formula is C13H16N2O2S. The molecule has 0 aliphatic carbocycles. The van der Waals surface area contributed by atoms with Gasteiger partial charge in [-0.25, -0.2) is 4.90 Å². The Kier molecular flexibility index (Phi) is 4.04. The van der Waals surface area contributed by atoms with E-state index in [4.69, 9.17) is 5.73 Å². The van der Waals surface area contributed by atoms with Crippen molar-refractivity contribution in [3.63, 3.8) is 0 Å². The number of hydrogen-bond acceptors (Lipinski definition) is 4. The highest BCUT2D eigenvalue weighted by atomic mass is 32.2. The molecule has 2 rings (SSSR count). The third-order valence-electron chi connectivity index (χ3n) is 2.83. The van der Waals surface area contributed by atoms with Crippen LogP contribution >= 0.6 is 11.8 Å². The molecule has 2 amide bonds. The van der Waals surface area contributed by atoms with E-state index in [1.54, 1.807) is 12.1 Å². The van der Waals surface area contributed by atoms with Crippen LogP contribution in [0.5, 0.6) is 0 Å². The summed E-state index contributed by atoms with van der Waals surface area (Å²) in [7, 11) is 0. The number of aryl methyl sites for hydroxylation is 1. The molecule has 1 aromatic carbocycles. The van der Waals surface area contributed by atoms with Crippen LogP contribution in [0, 0.1) is 6.92 Å². The molecule has 18 heavy (non-hydrogen) atoms. The number of carbonyl (C=O) groups is 2. The van der Waals surface area contributed by atoms with Gasteiger partial charge in [0, 0.05) is 18.7 Å². The number of benzene rings is 1. The number of hydrogen-bond donors (Lipinski definition) is 1. The van der Waals surface area contributed by atoms with Gasteiger partial charge in [-0.15, -0.1) is 11.8 Å². The molecule has 4 nitrogen and oxygen atoms in total. The van der Waals surface area contributed by atoms with E-state index in [1.807, 2.05) is 19.1 Å². The van der Waals surface area contributed by atoms with Gasteiger partial charge in [-0.2, -0.15) is 0 Å². The summed E-state index contributed by atoms with van der Waals surface area (Å²) >= 11 is 1.46. The molecule has 2 N–H and O–H groups in total. The summed E-state index contributed by atoms with van der Waals surface area (Å²) < 4.78 is 0. The molecule has 0 aromatic heterocycles. The van der Waals surface area contributed by atoms with Gasteiger partial charge in [0.1, 0.15) is 0 Å². The molecule has 1 aromatic rings. The van der Waals surface area contributed by atoms with Gasteiger partial charge in [0.25, 0.3) is 0 Å². The number of carbonyl (C=O) groups excluding carboxylic acids is 2. The van der Waals surface area contributed by atoms with Crippen LogP contribution in [0.2, 0.25) is 0 Å². The topological polar surface area (TPSA) is 63.4 Å². The highest BCUT2D eigenvalue weighted by Crippen LogP contribution is 2.29. The van der Waals surface area contributed by atoms with Crippen LogP contribution in [-0.4, -0.2) is 29.4 Å². The number of rotatable bonds is 4. The first-order chi connectivity index (χ1) is 8.63. The first-order valence-electron chi connectivity index (χ1n) is 5.88. The molecule has 0 bridgehead atoms. The van der Waals surface area contributed by atoms with Gasteiger partial charge in [0.2, 0.25) is 11.8 Å². The lowest BCUT2D eigenvalue weighted by Crippen LogP contribution is -2.31. The van der Waals surface area contributed by atoms with Crippen LogP contribution in [-0.2, 0) is 9.59 Å². The third kappa shape index (κ3) is 2.57. The van der Waals surface area contributed by atoms with Gasteiger partial charge < -0.3 is 5.73 Å². The Hall–Kier alpha value is -1.33. The van der Waals surface area contributed by atoms with Crippen molar-refractivity contribution in [3.05, 3.63) is 29.8 Å². The minimum atomic E-state index is -0.276. The van der Waals surface area contributed by atoms with Crippen molar-refractivity contribution < 1.29 is 9.59 Å². The Morgan fingerprint density at radius 3 is 2.61 bits per heavy atom. The molecule has 1 aliphatic rings. The van der Waals surface area contributed by atoms with Crippen LogP contribution in [0.25, 0.3) is 0 Å². The van der Waals surface area contributed by atoms with E-state index in [-0.39, 0.29) is 23.5 Å². The van der Waals surface area contributed by atoms with Gasteiger partial charge in [-0.3, -0.25) is 9.59 Å². The first kappa shape index (κ1) is 13.1. The summed E-state index contributed by atoms with van der Waals surface area (Å²) in [6.07, 6.45) is 0.275. The Morgan fingerprint density at radius 2 is 2.00 bits per heavy atom. The molecule has 5 heteroatoms. The van der Waals surface area contributed by atoms with Crippen molar-refractivity contribution in [2.45, 2.75) is 18.6 Å². The Morgan fingerprint density at radius 1 is 1.33 bits per heavy atom. The van der Waals surface area contributed by atoms with Gasteiger partial charge in [-0.05, 0) is 19.1 Å². The lowest BCUT2D eigenvalue weighted by molar-refractivity contribution is -0.121. The second-order valence-electron chi connectivity index (χ2n) is 4.26. The minimum absolute atomic E-state index is 0.123. The smallest absolute Gasteiger partial charge is 0.247 e. The summed E-state index contributed by atoms with van der Waals surface area (Å²) in [5.41, 5.74) is 7.18. The molecule has 1 fully saturated rings. The lowest BCUT2D eigenvalue weighted by Gasteiger charge is -2.15. The molecule has 1 heterocycles. The summed E-state index contributed by atoms with van der Waals surface area (Å²) in [5, 5.41) is -0.276. The minimum Gasteiger partial charge on any atom is -0.330 e. The second kappa shape index (κ2) is 5.54. The molecular weight excluding hydrogens is 248 g/mol. The zero-order valence-corrected chi connectivity index (χ0v) is 11.1. The lowest BCUT2D eigenvalue weighted by atomic mass is 10.2. The summed E-state index contributed by atoms with van der Waals surface area (Å²) in [4.78, 5) is 25.3. The fourth-order valence-corrected chi connectivity index (χ4v) is 2.84. The standard InChI is InChI=1S/C13H16N2O2S/c1-9-2-4-10(5-3-9)15-12(16)8-11(13(15)17)18-7-6-14/h2-5,11H,6-8,14H2,1H3. The third-order valence-corrected chi connectivity index (χ3v) is 4.08. The Bertz CT molecular complexity index is 459. The van der Waals surface area contributed by atoms with Gasteiger partial charge in [0.05, 0.1) is 10.9 Å². The Labute approximate surface area is 111 Å². The first-order valence-corrected chi connectivity index (χ1v) is 6.93. The van der Waals surface area contributed by atoms with E-state index in [1.165, 1.54) is 16.7 Å². The largest absolute Gasteiger partial charge is 0.330 e. The number of anilines is 1. The molecule has 1 saturated heterocycles. The van der Waals surface area contributed by atoms with Crippen molar-refractivity contribution in [1.29, 1.82) is 0 Å². The fourth-order valence-electron chi connectivity index (χ4n) is 1.91. The van der Waals surface area contributed by atoms with E-state index in [9.17, 15) is 9.59 Å². The zero-order valence-electron chi connectivity index (χ0n) is 10.3. The monoisotopic (exact) mass is 264 g/mol. The zero-order chi connectivity index (χ0) is 13.1. The van der Waals surface area contributed by atoms with E-state index >= 15 is 0 Å². The molecule has 1 atom stereocenters. The maximum Gasteiger partial charge on any atom is 0.247 e. The molecule has 0 saturated carbocycles. The maximum absolute atomic E-state index is 12.2. The van der Waals surface area contributed by atoms with Crippen molar-refractivity contribution in [2.24, 2.45) is 5.73 Å². The Balaban J connectivity index is 2.16. The normalized spacial score (nSPS) is 19.7. The van der Waals surface area contributed by atoms with Gasteiger partial charge in [-0.1, -0.05) is 17.7 Å². The number of imide groups is 1. The quantitative estimate of drug-likeness (QED) is 0.833. The van der Waals surface area contributed by atoms with Gasteiger partial charge in [0.15, 0.2) is 0 Å². The fraction of sp³-hybridized carbons (Fsp3) is 0.385. The molecule has 0 spiro atoms. The summed E-state index contributed by atoms with van der Waals surface area (Å²) in [6, 6.07) is 7.41. The van der Waals surface area contributed by atoms with Crippen LogP contribution in [0.1, 0.15) is 12.0 Å².